The summed E-state index contributed by atoms with van der Waals surface area (Å²) in [5, 5.41) is -1.03. The van der Waals surface area contributed by atoms with Gasteiger partial charge in [0.25, 0.3) is 0 Å². The van der Waals surface area contributed by atoms with Crippen LogP contribution >= 0.6 is 0 Å². The Morgan fingerprint density at radius 2 is 1.37 bits per heavy atom. The summed E-state index contributed by atoms with van der Waals surface area (Å²) in [6.07, 6.45) is 0. The Morgan fingerprint density at radius 3 is 2.16 bits per heavy atom. The van der Waals surface area contributed by atoms with E-state index in [1.165, 1.54) is 0 Å². The topological polar surface area (TPSA) is 31.6 Å². The maximum atomic E-state index is 9.28. The molecule has 38 heavy (non-hydrogen) atoms. The molecule has 0 aliphatic carbocycles. The van der Waals surface area contributed by atoms with Crippen LogP contribution in [0.2, 0.25) is 0 Å². The predicted octanol–water partition coefficient (Wildman–Crippen LogP) is 8.37. The molecule has 2 heterocycles. The van der Waals surface area contributed by atoms with Crippen LogP contribution in [0.1, 0.15) is 45.5 Å². The fraction of sp³-hybridized carbons (Fsp3) is 0.176. The Morgan fingerprint density at radius 1 is 0.684 bits per heavy atom. The Labute approximate surface area is 241 Å². The van der Waals surface area contributed by atoms with Crippen LogP contribution in [-0.2, 0) is 9.31 Å². The van der Waals surface area contributed by atoms with Crippen molar-refractivity contribution in [3.8, 4) is 22.3 Å². The molecule has 1 saturated heterocycles. The maximum Gasteiger partial charge on any atom is 0.494 e. The van der Waals surface area contributed by atoms with Crippen molar-refractivity contribution in [2.75, 3.05) is 0 Å². The smallest absolute Gasteiger partial charge is 0.456 e. The van der Waals surface area contributed by atoms with Crippen molar-refractivity contribution >= 4 is 45.3 Å². The second-order valence-corrected chi connectivity index (χ2v) is 10.2. The van der Waals surface area contributed by atoms with E-state index >= 15 is 0 Å². The number of para-hydroxylation sites is 1. The molecule has 0 unspecified atom stereocenters. The highest BCUT2D eigenvalue weighted by atomic mass is 16.7. The van der Waals surface area contributed by atoms with Crippen molar-refractivity contribution < 1.29 is 31.5 Å². The molecular formula is C34H29BO3. The second kappa shape index (κ2) is 8.32. The molecular weight excluding hydrogens is 467 g/mol. The zero-order valence-electron chi connectivity index (χ0n) is 34.1. The molecule has 0 spiro atoms. The molecule has 5 aromatic carbocycles. The number of hydrogen-bond acceptors (Lipinski definition) is 3. The van der Waals surface area contributed by atoms with Gasteiger partial charge < -0.3 is 13.7 Å². The van der Waals surface area contributed by atoms with E-state index in [9.17, 15) is 2.74 Å². The van der Waals surface area contributed by atoms with Crippen LogP contribution in [0.25, 0.3) is 55.0 Å². The van der Waals surface area contributed by atoms with Crippen molar-refractivity contribution in [2.45, 2.75) is 38.9 Å². The lowest BCUT2D eigenvalue weighted by Gasteiger charge is -2.32. The molecule has 7 rings (SSSR count). The molecule has 4 heteroatoms. The molecule has 0 bridgehead atoms. The van der Waals surface area contributed by atoms with Gasteiger partial charge in [-0.15, -0.1) is 0 Å². The molecule has 186 valence electrons. The Hall–Kier alpha value is -3.86. The monoisotopic (exact) mass is 509 g/mol. The van der Waals surface area contributed by atoms with Crippen LogP contribution in [0.3, 0.4) is 0 Å². The van der Waals surface area contributed by atoms with Crippen LogP contribution in [0.4, 0.5) is 0 Å². The molecule has 0 amide bonds. The lowest BCUT2D eigenvalue weighted by atomic mass is 9.78. The van der Waals surface area contributed by atoms with Gasteiger partial charge in [0, 0.05) is 10.8 Å². The third kappa shape index (κ3) is 3.67. The van der Waals surface area contributed by atoms with E-state index in [1.807, 2.05) is 27.7 Å². The van der Waals surface area contributed by atoms with Crippen LogP contribution in [0.5, 0.6) is 0 Å². The summed E-state index contributed by atoms with van der Waals surface area (Å²) >= 11 is 0. The average molecular weight is 509 g/mol. The zero-order valence-corrected chi connectivity index (χ0v) is 21.1. The minimum Gasteiger partial charge on any atom is -0.456 e. The predicted molar refractivity (Wildman–Crippen MR) is 158 cm³/mol. The van der Waals surface area contributed by atoms with Crippen LogP contribution in [0.15, 0.2) is 107 Å². The van der Waals surface area contributed by atoms with Gasteiger partial charge in [0.2, 0.25) is 0 Å². The van der Waals surface area contributed by atoms with E-state index in [2.05, 4.69) is 0 Å². The molecule has 0 radical (unpaired) electrons. The Kier molecular flexibility index (Phi) is 2.91. The van der Waals surface area contributed by atoms with Crippen molar-refractivity contribution in [1.82, 2.24) is 0 Å². The second-order valence-electron chi connectivity index (χ2n) is 10.2. The van der Waals surface area contributed by atoms with Gasteiger partial charge in [-0.2, -0.15) is 0 Å². The summed E-state index contributed by atoms with van der Waals surface area (Å²) in [4.78, 5) is 0. The van der Waals surface area contributed by atoms with Gasteiger partial charge in [-0.25, -0.2) is 0 Å². The quantitative estimate of drug-likeness (QED) is 0.225. The first-order valence-electron chi connectivity index (χ1n) is 18.6. The Balaban J connectivity index is 1.53. The van der Waals surface area contributed by atoms with Gasteiger partial charge in [-0.3, -0.25) is 0 Å². The molecule has 0 saturated carbocycles. The molecule has 1 aliphatic heterocycles. The van der Waals surface area contributed by atoms with E-state index in [4.69, 9.17) is 28.8 Å². The molecule has 0 atom stereocenters. The van der Waals surface area contributed by atoms with Gasteiger partial charge in [0.15, 0.2) is 0 Å². The zero-order chi connectivity index (χ0) is 37.4. The van der Waals surface area contributed by atoms with Crippen molar-refractivity contribution in [1.29, 1.82) is 0 Å². The van der Waals surface area contributed by atoms with E-state index in [1.54, 1.807) is 24.3 Å². The first-order chi connectivity index (χ1) is 23.7. The molecule has 6 aromatic rings. The highest BCUT2D eigenvalue weighted by Gasteiger charge is 2.51. The van der Waals surface area contributed by atoms with Gasteiger partial charge in [0.05, 0.1) is 29.0 Å². The Bertz CT molecular complexity index is 2530. The van der Waals surface area contributed by atoms with Crippen LogP contribution < -0.4 is 5.46 Å². The van der Waals surface area contributed by atoms with Gasteiger partial charge in [-0.1, -0.05) is 78.6 Å². The molecule has 3 nitrogen and oxygen atoms in total. The lowest BCUT2D eigenvalue weighted by Crippen LogP contribution is -2.41. The minimum atomic E-state index is -0.760. The van der Waals surface area contributed by atoms with Crippen molar-refractivity contribution in [2.24, 2.45) is 0 Å². The summed E-state index contributed by atoms with van der Waals surface area (Å²) in [5.74, 6) is 0. The van der Waals surface area contributed by atoms with E-state index in [0.717, 1.165) is 0 Å². The number of hydrogen-bond donors (Lipinski definition) is 0. The average Bonchev–Trinajstić information content (AvgIpc) is 3.57. The summed E-state index contributed by atoms with van der Waals surface area (Å²) in [5.41, 5.74) is -1.85. The minimum absolute atomic E-state index is 0.0154. The van der Waals surface area contributed by atoms with Crippen molar-refractivity contribution in [3.63, 3.8) is 0 Å². The highest BCUT2D eigenvalue weighted by Crippen LogP contribution is 2.39. The first-order valence-corrected chi connectivity index (χ1v) is 12.1. The summed E-state index contributed by atoms with van der Waals surface area (Å²) in [7, 11) is -0.760. The molecule has 0 N–H and O–H groups in total. The molecule has 1 aliphatic rings. The van der Waals surface area contributed by atoms with E-state index in [0.29, 0.717) is 11.0 Å². The standard InChI is InChI=1S/C34H29BO3/c1-33(2)34(3,4)38-35(37-33)27-10-7-9-22(21-27)23-15-16-25-20-26(18-17-24(25)19-23)28-12-8-14-31-32(28)29-11-5-6-13-30(29)36-31/h5-21H,1-4H3/i5D,6D,8D,11D,12D,13D,14D,15D,16D,17D,18D,19D,20D. The fourth-order valence-electron chi connectivity index (χ4n) is 4.51. The molecule has 1 fully saturated rings. The van der Waals surface area contributed by atoms with Gasteiger partial charge >= 0.3 is 7.12 Å². The number of fused-ring (bicyclic) bond motifs is 4. The largest absolute Gasteiger partial charge is 0.494 e. The van der Waals surface area contributed by atoms with E-state index in [-0.39, 0.29) is 49.9 Å². The number of furan rings is 1. The SMILES string of the molecule is [2H]c1c([2H])c([2H])c2c(oc3c([2H])c([2H])c([2H])c(-c4c([2H])c([2H])c5c([2H])c(-c6cccc(B7OC(C)(C)C(C)(C)O7)c6)c([2H])c([2H])c5c4[2H])c32)c1[2H]. The number of benzene rings is 5. The van der Waals surface area contributed by atoms with Gasteiger partial charge in [0.1, 0.15) is 11.2 Å². The van der Waals surface area contributed by atoms with Crippen LogP contribution in [0, 0.1) is 0 Å². The fourth-order valence-corrected chi connectivity index (χ4v) is 4.51. The van der Waals surface area contributed by atoms with Crippen LogP contribution in [-0.4, -0.2) is 18.3 Å². The maximum absolute atomic E-state index is 9.28. The third-order valence-corrected chi connectivity index (χ3v) is 7.27. The summed E-state index contributed by atoms with van der Waals surface area (Å²) in [6.45, 7) is 7.63. The van der Waals surface area contributed by atoms with Crippen molar-refractivity contribution in [3.05, 3.63) is 103 Å². The molecule has 1 aromatic heterocycles. The normalized spacial score (nSPS) is 21.4. The first kappa shape index (κ1) is 13.3. The lowest BCUT2D eigenvalue weighted by molar-refractivity contribution is 0.00578. The van der Waals surface area contributed by atoms with Gasteiger partial charge in [-0.05, 0) is 90.4 Å². The van der Waals surface area contributed by atoms with E-state index < -0.39 is 96.4 Å². The summed E-state index contributed by atoms with van der Waals surface area (Å²) in [6, 6.07) is -0.717. The summed E-state index contributed by atoms with van der Waals surface area (Å²) < 4.78 is 132. The highest BCUT2D eigenvalue weighted by molar-refractivity contribution is 6.62. The number of rotatable bonds is 3. The third-order valence-electron chi connectivity index (χ3n) is 7.27.